The van der Waals surface area contributed by atoms with Crippen LogP contribution in [0.25, 0.3) is 0 Å². The molecule has 1 atom stereocenters. The molecule has 2 rings (SSSR count). The van der Waals surface area contributed by atoms with Gasteiger partial charge in [0.25, 0.3) is 0 Å². The number of nitrogens with one attached hydrogen (secondary N) is 1. The first-order chi connectivity index (χ1) is 13.3. The zero-order chi connectivity index (χ0) is 20.7. The average molecular weight is 407 g/mol. The third kappa shape index (κ3) is 5.63. The predicted octanol–water partition coefficient (Wildman–Crippen LogP) is 2.56. The first-order valence-corrected chi connectivity index (χ1v) is 10.7. The lowest BCUT2D eigenvalue weighted by atomic mass is 10.2. The average Bonchev–Trinajstić information content (AvgIpc) is 2.66. The number of hydrogen-bond donors (Lipinski definition) is 1. The Hall–Kier alpha value is -2.74. The summed E-state index contributed by atoms with van der Waals surface area (Å²) < 4.78 is 36.4. The summed E-state index contributed by atoms with van der Waals surface area (Å²) in [5.74, 6) is 0.818. The molecule has 2 aromatic carbocycles. The summed E-state index contributed by atoms with van der Waals surface area (Å²) in [5, 5.41) is 2.79. The molecular weight excluding hydrogens is 380 g/mol. The fourth-order valence-corrected chi connectivity index (χ4v) is 3.97. The van der Waals surface area contributed by atoms with Crippen LogP contribution in [0.15, 0.2) is 48.5 Å². The smallest absolute Gasteiger partial charge is 0.243 e. The molecule has 0 aromatic heterocycles. The van der Waals surface area contributed by atoms with E-state index in [0.717, 1.165) is 21.9 Å². The molecule has 7 nitrogen and oxygen atoms in total. The number of benzene rings is 2. The van der Waals surface area contributed by atoms with Crippen molar-refractivity contribution in [1.82, 2.24) is 5.32 Å². The first kappa shape index (κ1) is 21.6. The molecule has 0 fully saturated rings. The molecule has 1 amide bonds. The summed E-state index contributed by atoms with van der Waals surface area (Å²) in [6, 6.07) is 13.0. The van der Waals surface area contributed by atoms with Crippen molar-refractivity contribution in [2.45, 2.75) is 26.4 Å². The number of carbonyl (C=O) groups excluding carboxylic acids is 1. The van der Waals surface area contributed by atoms with Crippen LogP contribution in [-0.4, -0.2) is 40.3 Å². The predicted molar refractivity (Wildman–Crippen MR) is 109 cm³/mol. The summed E-state index contributed by atoms with van der Waals surface area (Å²) in [6.45, 7) is 4.26. The van der Waals surface area contributed by atoms with E-state index >= 15 is 0 Å². The third-order valence-electron chi connectivity index (χ3n) is 4.07. The monoisotopic (exact) mass is 406 g/mol. The largest absolute Gasteiger partial charge is 0.497 e. The zero-order valence-corrected chi connectivity index (χ0v) is 17.3. The van der Waals surface area contributed by atoms with Gasteiger partial charge in [-0.05, 0) is 43.7 Å². The first-order valence-electron chi connectivity index (χ1n) is 8.89. The van der Waals surface area contributed by atoms with E-state index in [2.05, 4.69) is 5.32 Å². The molecule has 28 heavy (non-hydrogen) atoms. The molecule has 0 aliphatic rings. The number of anilines is 1. The van der Waals surface area contributed by atoms with Gasteiger partial charge in [0.1, 0.15) is 17.5 Å². The fourth-order valence-electron chi connectivity index (χ4n) is 2.81. The van der Waals surface area contributed by atoms with Crippen LogP contribution in [-0.2, 0) is 21.4 Å². The second kappa shape index (κ2) is 9.45. The molecule has 1 N–H and O–H groups in total. The lowest BCUT2D eigenvalue weighted by Crippen LogP contribution is -2.47. The summed E-state index contributed by atoms with van der Waals surface area (Å²) >= 11 is 0. The van der Waals surface area contributed by atoms with E-state index in [1.54, 1.807) is 31.2 Å². The second-order valence-electron chi connectivity index (χ2n) is 6.23. The fraction of sp³-hybridized carbons (Fsp3) is 0.350. The highest BCUT2D eigenvalue weighted by molar-refractivity contribution is 7.92. The number of amides is 1. The van der Waals surface area contributed by atoms with Gasteiger partial charge in [-0.15, -0.1) is 0 Å². The number of carbonyl (C=O) groups is 1. The molecular formula is C20H26N2O5S. The van der Waals surface area contributed by atoms with Crippen LogP contribution in [0, 0.1) is 0 Å². The third-order valence-corrected chi connectivity index (χ3v) is 5.31. The van der Waals surface area contributed by atoms with E-state index in [1.807, 2.05) is 31.2 Å². The maximum atomic E-state index is 12.7. The van der Waals surface area contributed by atoms with Crippen molar-refractivity contribution in [3.8, 4) is 11.5 Å². The van der Waals surface area contributed by atoms with Gasteiger partial charge >= 0.3 is 0 Å². The van der Waals surface area contributed by atoms with Crippen molar-refractivity contribution in [2.75, 3.05) is 24.3 Å². The van der Waals surface area contributed by atoms with Crippen molar-refractivity contribution in [1.29, 1.82) is 0 Å². The molecule has 0 saturated carbocycles. The lowest BCUT2D eigenvalue weighted by Gasteiger charge is -2.28. The maximum Gasteiger partial charge on any atom is 0.243 e. The molecule has 0 saturated heterocycles. The Morgan fingerprint density at radius 1 is 1.14 bits per heavy atom. The SMILES string of the molecule is CCOc1cccc(CNC(=O)C(C)N(c2cccc(OC)c2)S(C)(=O)=O)c1. The van der Waals surface area contributed by atoms with Gasteiger partial charge in [0, 0.05) is 12.6 Å². The van der Waals surface area contributed by atoms with E-state index < -0.39 is 22.0 Å². The van der Waals surface area contributed by atoms with Crippen LogP contribution in [0.1, 0.15) is 19.4 Å². The van der Waals surface area contributed by atoms with Gasteiger partial charge in [0.05, 0.1) is 25.7 Å². The highest BCUT2D eigenvalue weighted by Gasteiger charge is 2.29. The summed E-state index contributed by atoms with van der Waals surface area (Å²) in [7, 11) is -2.19. The Bertz CT molecular complexity index is 914. The second-order valence-corrected chi connectivity index (χ2v) is 8.09. The standard InChI is InChI=1S/C20H26N2O5S/c1-5-27-19-11-6-8-16(12-19)14-21-20(23)15(2)22(28(4,24)25)17-9-7-10-18(13-17)26-3/h6-13,15H,5,14H2,1-4H3,(H,21,23). The molecule has 152 valence electrons. The van der Waals surface area contributed by atoms with E-state index in [0.29, 0.717) is 18.0 Å². The van der Waals surface area contributed by atoms with Crippen LogP contribution in [0.2, 0.25) is 0 Å². The molecule has 0 heterocycles. The van der Waals surface area contributed by atoms with Crippen molar-refractivity contribution in [3.05, 3.63) is 54.1 Å². The van der Waals surface area contributed by atoms with Gasteiger partial charge in [-0.2, -0.15) is 0 Å². The highest BCUT2D eigenvalue weighted by Crippen LogP contribution is 2.25. The Labute approximate surface area is 166 Å². The van der Waals surface area contributed by atoms with E-state index in [9.17, 15) is 13.2 Å². The lowest BCUT2D eigenvalue weighted by molar-refractivity contribution is -0.122. The van der Waals surface area contributed by atoms with Gasteiger partial charge < -0.3 is 14.8 Å². The molecule has 8 heteroatoms. The molecule has 0 spiro atoms. The number of methoxy groups -OCH3 is 1. The number of sulfonamides is 1. The van der Waals surface area contributed by atoms with E-state index in [1.165, 1.54) is 7.11 Å². The quantitative estimate of drug-likeness (QED) is 0.692. The molecule has 0 aliphatic heterocycles. The van der Waals surface area contributed by atoms with Gasteiger partial charge in [-0.3, -0.25) is 9.10 Å². The summed E-state index contributed by atoms with van der Waals surface area (Å²) in [5.41, 5.74) is 1.22. The zero-order valence-electron chi connectivity index (χ0n) is 16.5. The molecule has 0 aliphatic carbocycles. The maximum absolute atomic E-state index is 12.7. The van der Waals surface area contributed by atoms with Crippen LogP contribution in [0.4, 0.5) is 5.69 Å². The Morgan fingerprint density at radius 2 is 1.82 bits per heavy atom. The van der Waals surface area contributed by atoms with Crippen molar-refractivity contribution in [2.24, 2.45) is 0 Å². The Balaban J connectivity index is 2.16. The topological polar surface area (TPSA) is 84.9 Å². The van der Waals surface area contributed by atoms with E-state index in [-0.39, 0.29) is 6.54 Å². The van der Waals surface area contributed by atoms with Crippen molar-refractivity contribution >= 4 is 21.6 Å². The van der Waals surface area contributed by atoms with Gasteiger partial charge in [0.15, 0.2) is 0 Å². The highest BCUT2D eigenvalue weighted by atomic mass is 32.2. The molecule has 1 unspecified atom stereocenters. The van der Waals surface area contributed by atoms with Crippen LogP contribution in [0.3, 0.4) is 0 Å². The number of nitrogens with zero attached hydrogens (tertiary/aromatic N) is 1. The minimum absolute atomic E-state index is 0.264. The number of hydrogen-bond acceptors (Lipinski definition) is 5. The Morgan fingerprint density at radius 3 is 2.46 bits per heavy atom. The van der Waals surface area contributed by atoms with Crippen LogP contribution in [0.5, 0.6) is 11.5 Å². The van der Waals surface area contributed by atoms with Crippen LogP contribution >= 0.6 is 0 Å². The normalized spacial score (nSPS) is 12.1. The number of rotatable bonds is 9. The number of ether oxygens (including phenoxy) is 2. The van der Waals surface area contributed by atoms with Crippen molar-refractivity contribution in [3.63, 3.8) is 0 Å². The van der Waals surface area contributed by atoms with Crippen LogP contribution < -0.4 is 19.1 Å². The minimum atomic E-state index is -3.69. The minimum Gasteiger partial charge on any atom is -0.497 e. The van der Waals surface area contributed by atoms with Gasteiger partial charge in [-0.25, -0.2) is 8.42 Å². The summed E-state index contributed by atoms with van der Waals surface area (Å²) in [4.78, 5) is 12.7. The molecule has 2 aromatic rings. The van der Waals surface area contributed by atoms with Crippen molar-refractivity contribution < 1.29 is 22.7 Å². The van der Waals surface area contributed by atoms with E-state index in [4.69, 9.17) is 9.47 Å². The Kier molecular flexibility index (Phi) is 7.28. The summed E-state index contributed by atoms with van der Waals surface area (Å²) in [6.07, 6.45) is 1.07. The molecule has 0 radical (unpaired) electrons. The molecule has 0 bridgehead atoms. The van der Waals surface area contributed by atoms with Gasteiger partial charge in [0.2, 0.25) is 15.9 Å². The van der Waals surface area contributed by atoms with Gasteiger partial charge in [-0.1, -0.05) is 18.2 Å².